The third-order valence-electron chi connectivity index (χ3n) is 7.22. The van der Waals surface area contributed by atoms with Gasteiger partial charge in [0, 0.05) is 13.0 Å². The molecular weight excluding hydrogens is 490 g/mol. The largest absolute Gasteiger partial charge is 0.469 e. The summed E-state index contributed by atoms with van der Waals surface area (Å²) in [5, 5.41) is 20.3. The molecule has 38 heavy (non-hydrogen) atoms. The smallest absolute Gasteiger partial charge is 0.305 e. The van der Waals surface area contributed by atoms with E-state index < -0.39 is 24.5 Å². The molecule has 2 aromatic rings. The third-order valence-corrected chi connectivity index (χ3v) is 7.22. The number of methoxy groups -OCH3 is 1. The highest BCUT2D eigenvalue weighted by Gasteiger charge is 2.45. The maximum Gasteiger partial charge on any atom is 0.305 e. The van der Waals surface area contributed by atoms with Gasteiger partial charge in [0.15, 0.2) is 17.7 Å². The Hall–Kier alpha value is -2.34. The lowest BCUT2D eigenvalue weighted by atomic mass is 10.0. The molecule has 1 saturated heterocycles. The fraction of sp³-hybridized carbons (Fsp3) is 0.778. The third kappa shape index (κ3) is 8.86. The van der Waals surface area contributed by atoms with Gasteiger partial charge in [0.1, 0.15) is 30.2 Å². The van der Waals surface area contributed by atoms with Gasteiger partial charge >= 0.3 is 5.97 Å². The number of nitrogen functional groups attached to an aromatic ring is 1. The summed E-state index contributed by atoms with van der Waals surface area (Å²) in [5.41, 5.74) is 6.85. The molecule has 4 atom stereocenters. The molecule has 1 fully saturated rings. The maximum atomic E-state index is 11.1. The van der Waals surface area contributed by atoms with Gasteiger partial charge < -0.3 is 30.2 Å². The molecule has 214 valence electrons. The van der Waals surface area contributed by atoms with E-state index in [9.17, 15) is 15.0 Å². The van der Waals surface area contributed by atoms with Crippen LogP contribution in [0.2, 0.25) is 0 Å². The number of imidazole rings is 1. The summed E-state index contributed by atoms with van der Waals surface area (Å²) in [6, 6.07) is 0. The molecule has 1 aliphatic heterocycles. The highest BCUT2D eigenvalue weighted by Crippen LogP contribution is 2.34. The first-order valence-corrected chi connectivity index (χ1v) is 14.1. The molecule has 0 radical (unpaired) electrons. The lowest BCUT2D eigenvalue weighted by Gasteiger charge is -2.22. The van der Waals surface area contributed by atoms with Crippen LogP contribution in [-0.2, 0) is 19.0 Å². The number of carbonyl (C=O) groups excluding carboxylic acids is 1. The van der Waals surface area contributed by atoms with Crippen molar-refractivity contribution in [2.45, 2.75) is 114 Å². The quantitative estimate of drug-likeness (QED) is 0.179. The lowest BCUT2D eigenvalue weighted by Crippen LogP contribution is -2.35. The van der Waals surface area contributed by atoms with Crippen molar-refractivity contribution in [2.24, 2.45) is 0 Å². The van der Waals surface area contributed by atoms with Crippen LogP contribution in [0.1, 0.15) is 96.1 Å². The molecule has 11 nitrogen and oxygen atoms in total. The molecular formula is C27H45N5O6. The monoisotopic (exact) mass is 535 g/mol. The topological polar surface area (TPSA) is 155 Å². The molecule has 2 aromatic heterocycles. The number of fused-ring (bicyclic) bond motifs is 1. The van der Waals surface area contributed by atoms with Crippen LogP contribution >= 0.6 is 0 Å². The minimum atomic E-state index is -0.957. The second-order valence-corrected chi connectivity index (χ2v) is 10.1. The van der Waals surface area contributed by atoms with Crippen LogP contribution < -0.4 is 5.73 Å². The van der Waals surface area contributed by atoms with Crippen LogP contribution in [0.3, 0.4) is 0 Å². The highest BCUT2D eigenvalue weighted by atomic mass is 16.6. The van der Waals surface area contributed by atoms with Crippen molar-refractivity contribution in [3.8, 4) is 0 Å². The van der Waals surface area contributed by atoms with Crippen molar-refractivity contribution in [3.05, 3.63) is 12.7 Å². The molecule has 3 rings (SSSR count). The summed E-state index contributed by atoms with van der Waals surface area (Å²) in [6.45, 7) is 0.196. The predicted molar refractivity (Wildman–Crippen MR) is 143 cm³/mol. The number of ether oxygens (including phenoxy) is 3. The number of nitrogens with two attached hydrogens (primary N) is 1. The van der Waals surface area contributed by atoms with Gasteiger partial charge in [0.2, 0.25) is 0 Å². The number of aromatic nitrogens is 4. The number of hydrogen-bond donors (Lipinski definition) is 3. The van der Waals surface area contributed by atoms with E-state index in [1.165, 1.54) is 71.2 Å². The van der Waals surface area contributed by atoms with E-state index in [1.54, 1.807) is 10.9 Å². The fourth-order valence-electron chi connectivity index (χ4n) is 4.97. The molecule has 1 aliphatic rings. The van der Waals surface area contributed by atoms with Gasteiger partial charge in [-0.1, -0.05) is 70.6 Å². The average Bonchev–Trinajstić information content (AvgIpc) is 3.49. The molecule has 0 spiro atoms. The molecule has 0 saturated carbocycles. The Morgan fingerprint density at radius 1 is 0.974 bits per heavy atom. The second-order valence-electron chi connectivity index (χ2n) is 10.1. The average molecular weight is 536 g/mol. The van der Waals surface area contributed by atoms with Crippen LogP contribution in [0.25, 0.3) is 11.2 Å². The number of anilines is 1. The molecule has 1 unspecified atom stereocenters. The van der Waals surface area contributed by atoms with Crippen LogP contribution in [-0.4, -0.2) is 74.3 Å². The Kier molecular flexibility index (Phi) is 13.2. The van der Waals surface area contributed by atoms with Crippen LogP contribution in [0.5, 0.6) is 0 Å². The van der Waals surface area contributed by atoms with E-state index >= 15 is 0 Å². The number of aliphatic hydroxyl groups excluding tert-OH is 2. The zero-order valence-corrected chi connectivity index (χ0v) is 22.7. The van der Waals surface area contributed by atoms with Gasteiger partial charge in [0.05, 0.1) is 20.0 Å². The van der Waals surface area contributed by atoms with Crippen LogP contribution in [0, 0.1) is 0 Å². The highest BCUT2D eigenvalue weighted by molar-refractivity contribution is 5.81. The van der Waals surface area contributed by atoms with E-state index in [-0.39, 0.29) is 18.4 Å². The van der Waals surface area contributed by atoms with Crippen molar-refractivity contribution in [2.75, 3.05) is 26.1 Å². The summed E-state index contributed by atoms with van der Waals surface area (Å²) < 4.78 is 18.3. The Bertz CT molecular complexity index is 957. The lowest BCUT2D eigenvalue weighted by molar-refractivity contribution is -0.140. The van der Waals surface area contributed by atoms with E-state index in [2.05, 4.69) is 19.7 Å². The van der Waals surface area contributed by atoms with Crippen molar-refractivity contribution < 1.29 is 29.2 Å². The first-order chi connectivity index (χ1) is 18.6. The zero-order chi connectivity index (χ0) is 27.2. The van der Waals surface area contributed by atoms with E-state index in [0.29, 0.717) is 24.2 Å². The molecule has 11 heteroatoms. The SMILES string of the molecule is COC(=O)CCCCCCCCCCCCCCCO[C@H]1C(O)[C@@H](CO)O[C@H]1n1cnc2c(N)ncnc21. The second kappa shape index (κ2) is 16.6. The van der Waals surface area contributed by atoms with Gasteiger partial charge in [-0.05, 0) is 12.8 Å². The predicted octanol–water partition coefficient (Wildman–Crippen LogP) is 3.68. The number of unbranched alkanes of at least 4 members (excludes halogenated alkanes) is 12. The fourth-order valence-corrected chi connectivity index (χ4v) is 4.97. The summed E-state index contributed by atoms with van der Waals surface area (Å²) in [7, 11) is 1.44. The molecule has 0 amide bonds. The first-order valence-electron chi connectivity index (χ1n) is 14.1. The number of aliphatic hydroxyl groups is 2. The summed E-state index contributed by atoms with van der Waals surface area (Å²) in [5.74, 6) is 0.166. The Balaban J connectivity index is 1.24. The summed E-state index contributed by atoms with van der Waals surface area (Å²) >= 11 is 0. The summed E-state index contributed by atoms with van der Waals surface area (Å²) in [6.07, 6.45) is 15.7. The van der Waals surface area contributed by atoms with Crippen molar-refractivity contribution in [3.63, 3.8) is 0 Å². The van der Waals surface area contributed by atoms with Crippen molar-refractivity contribution >= 4 is 23.0 Å². The van der Waals surface area contributed by atoms with E-state index in [1.807, 2.05) is 0 Å². The standard InChI is InChI=1S/C27H45N5O6/c1-36-21(34)15-13-11-9-7-5-3-2-4-6-8-10-12-14-16-37-24-23(35)20(17-33)38-27(24)32-19-31-22-25(28)29-18-30-26(22)32/h18-20,23-24,27,33,35H,2-17H2,1H3,(H2,28,29,30)/t20-,23?,24+,27-/m1/s1. The van der Waals surface area contributed by atoms with E-state index in [4.69, 9.17) is 15.2 Å². The Labute approximate surface area is 225 Å². The number of rotatable bonds is 19. The summed E-state index contributed by atoms with van der Waals surface area (Å²) in [4.78, 5) is 23.6. The maximum absolute atomic E-state index is 11.1. The van der Waals surface area contributed by atoms with Gasteiger partial charge in [-0.25, -0.2) is 15.0 Å². The molecule has 0 bridgehead atoms. The normalized spacial score (nSPS) is 21.3. The van der Waals surface area contributed by atoms with Crippen LogP contribution in [0.15, 0.2) is 12.7 Å². The number of esters is 1. The Morgan fingerprint density at radius 2 is 1.58 bits per heavy atom. The number of hydrogen-bond acceptors (Lipinski definition) is 10. The molecule has 3 heterocycles. The minimum Gasteiger partial charge on any atom is -0.469 e. The molecule has 4 N–H and O–H groups in total. The van der Waals surface area contributed by atoms with Gasteiger partial charge in [0.25, 0.3) is 0 Å². The van der Waals surface area contributed by atoms with Gasteiger partial charge in [-0.2, -0.15) is 0 Å². The van der Waals surface area contributed by atoms with Crippen molar-refractivity contribution in [1.29, 1.82) is 0 Å². The Morgan fingerprint density at radius 3 is 2.18 bits per heavy atom. The number of nitrogens with zero attached hydrogens (tertiary/aromatic N) is 4. The van der Waals surface area contributed by atoms with Gasteiger partial charge in [-0.3, -0.25) is 9.36 Å². The zero-order valence-electron chi connectivity index (χ0n) is 22.7. The number of carbonyl (C=O) groups is 1. The molecule has 0 aliphatic carbocycles. The molecule has 0 aromatic carbocycles. The van der Waals surface area contributed by atoms with Crippen LogP contribution in [0.4, 0.5) is 5.82 Å². The van der Waals surface area contributed by atoms with Gasteiger partial charge in [-0.15, -0.1) is 0 Å². The van der Waals surface area contributed by atoms with Crippen molar-refractivity contribution in [1.82, 2.24) is 19.5 Å². The van der Waals surface area contributed by atoms with E-state index in [0.717, 1.165) is 25.7 Å². The minimum absolute atomic E-state index is 0.105. The first kappa shape index (κ1) is 30.2.